The maximum Gasteiger partial charge on any atom is 0.235 e. The van der Waals surface area contributed by atoms with Crippen molar-refractivity contribution >= 4 is 21.6 Å². The van der Waals surface area contributed by atoms with Gasteiger partial charge in [0.25, 0.3) is 0 Å². The van der Waals surface area contributed by atoms with E-state index >= 15 is 0 Å². The Hall–Kier alpha value is -1.56. The van der Waals surface area contributed by atoms with Gasteiger partial charge in [0.2, 0.25) is 15.9 Å². The second kappa shape index (κ2) is 5.83. The molecule has 0 saturated carbocycles. The highest BCUT2D eigenvalue weighted by Gasteiger charge is 2.31. The van der Waals surface area contributed by atoms with Crippen molar-refractivity contribution in [3.8, 4) is 0 Å². The molecule has 2 rings (SSSR count). The number of anilines is 1. The number of rotatable bonds is 4. The van der Waals surface area contributed by atoms with Gasteiger partial charge in [0, 0.05) is 6.92 Å². The molecule has 1 atom stereocenters. The van der Waals surface area contributed by atoms with E-state index in [2.05, 4.69) is 5.32 Å². The first kappa shape index (κ1) is 14.8. The Labute approximate surface area is 120 Å². The largest absolute Gasteiger partial charge is 0.351 e. The second-order valence-corrected chi connectivity index (χ2v) is 7.09. The highest BCUT2D eigenvalue weighted by Crippen LogP contribution is 2.29. The minimum absolute atomic E-state index is 0.119. The molecule has 1 aromatic rings. The first-order valence-corrected chi connectivity index (χ1v) is 8.40. The highest BCUT2D eigenvalue weighted by atomic mass is 32.2. The van der Waals surface area contributed by atoms with Gasteiger partial charge < -0.3 is 5.32 Å². The van der Waals surface area contributed by atoms with Crippen molar-refractivity contribution in [3.05, 3.63) is 29.8 Å². The number of hydrogen-bond donors (Lipinski definition) is 1. The van der Waals surface area contributed by atoms with Crippen LogP contribution in [0, 0.1) is 0 Å². The van der Waals surface area contributed by atoms with Crippen LogP contribution < -0.4 is 9.62 Å². The Kier molecular flexibility index (Phi) is 4.32. The number of fused-ring (bicyclic) bond motifs is 1. The fourth-order valence-electron chi connectivity index (χ4n) is 2.57. The molecule has 6 heteroatoms. The van der Waals surface area contributed by atoms with Crippen LogP contribution >= 0.6 is 0 Å². The Bertz CT molecular complexity index is 598. The average molecular weight is 296 g/mol. The molecule has 1 heterocycles. The summed E-state index contributed by atoms with van der Waals surface area (Å²) in [6.07, 6.45) is 1.24. The number of para-hydroxylation sites is 1. The van der Waals surface area contributed by atoms with Gasteiger partial charge in [0.1, 0.15) is 0 Å². The smallest absolute Gasteiger partial charge is 0.235 e. The third-order valence-corrected chi connectivity index (χ3v) is 5.26. The summed E-state index contributed by atoms with van der Waals surface area (Å²) >= 11 is 0. The average Bonchev–Trinajstić information content (AvgIpc) is 2.37. The van der Waals surface area contributed by atoms with Crippen molar-refractivity contribution in [1.82, 2.24) is 5.32 Å². The van der Waals surface area contributed by atoms with Crippen molar-refractivity contribution in [2.24, 2.45) is 0 Å². The number of benzene rings is 1. The summed E-state index contributed by atoms with van der Waals surface area (Å²) in [5.74, 6) is -0.0177. The summed E-state index contributed by atoms with van der Waals surface area (Å²) in [5, 5.41) is 2.82. The van der Waals surface area contributed by atoms with Gasteiger partial charge in [-0.2, -0.15) is 0 Å². The number of carbonyl (C=O) groups is 1. The van der Waals surface area contributed by atoms with Crippen LogP contribution in [0.2, 0.25) is 0 Å². The van der Waals surface area contributed by atoms with E-state index in [0.29, 0.717) is 19.4 Å². The summed E-state index contributed by atoms with van der Waals surface area (Å²) in [7, 11) is -3.33. The quantitative estimate of drug-likeness (QED) is 0.910. The minimum Gasteiger partial charge on any atom is -0.351 e. The van der Waals surface area contributed by atoms with Crippen LogP contribution in [0.15, 0.2) is 24.3 Å². The standard InChI is InChI=1S/C14H20N2O3S/c1-3-8-20(18,19)16-10-13(15-11(2)17)9-12-6-4-5-7-14(12)16/h4-7,13H,3,8-10H2,1-2H3,(H,15,17)/t13-/m0/s1. The maximum absolute atomic E-state index is 12.4. The molecule has 0 spiro atoms. The van der Waals surface area contributed by atoms with Gasteiger partial charge in [-0.05, 0) is 24.5 Å². The molecule has 0 fully saturated rings. The fraction of sp³-hybridized carbons (Fsp3) is 0.500. The highest BCUT2D eigenvalue weighted by molar-refractivity contribution is 7.92. The van der Waals surface area contributed by atoms with E-state index in [1.165, 1.54) is 11.2 Å². The summed E-state index contributed by atoms with van der Waals surface area (Å²) in [4.78, 5) is 11.2. The fourth-order valence-corrected chi connectivity index (χ4v) is 4.19. The number of sulfonamides is 1. The van der Waals surface area contributed by atoms with E-state index in [4.69, 9.17) is 0 Å². The lowest BCUT2D eigenvalue weighted by Gasteiger charge is -2.35. The molecule has 1 amide bonds. The topological polar surface area (TPSA) is 66.5 Å². The first-order chi connectivity index (χ1) is 9.44. The van der Waals surface area contributed by atoms with Gasteiger partial charge in [0.15, 0.2) is 0 Å². The minimum atomic E-state index is -3.33. The molecule has 5 nitrogen and oxygen atoms in total. The third-order valence-electron chi connectivity index (χ3n) is 3.32. The van der Waals surface area contributed by atoms with Crippen LogP contribution in [-0.2, 0) is 21.2 Å². The van der Waals surface area contributed by atoms with Gasteiger partial charge in [-0.15, -0.1) is 0 Å². The van der Waals surface area contributed by atoms with Crippen molar-refractivity contribution in [1.29, 1.82) is 0 Å². The number of nitrogens with one attached hydrogen (secondary N) is 1. The molecule has 1 aliphatic rings. The summed E-state index contributed by atoms with van der Waals surface area (Å²) in [5.41, 5.74) is 1.69. The zero-order chi connectivity index (χ0) is 14.8. The molecule has 1 N–H and O–H groups in total. The van der Waals surface area contributed by atoms with E-state index in [9.17, 15) is 13.2 Å². The molecule has 0 unspecified atom stereocenters. The zero-order valence-corrected chi connectivity index (χ0v) is 12.6. The predicted molar refractivity (Wildman–Crippen MR) is 79.2 cm³/mol. The molecule has 110 valence electrons. The molecule has 1 aromatic carbocycles. The molecule has 0 aliphatic carbocycles. The second-order valence-electron chi connectivity index (χ2n) is 5.08. The number of amides is 1. The normalized spacial score (nSPS) is 18.5. The Morgan fingerprint density at radius 3 is 2.75 bits per heavy atom. The summed E-state index contributed by atoms with van der Waals surface area (Å²) in [6, 6.07) is 7.30. The number of hydrogen-bond acceptors (Lipinski definition) is 3. The van der Waals surface area contributed by atoms with Gasteiger partial charge >= 0.3 is 0 Å². The lowest BCUT2D eigenvalue weighted by molar-refractivity contribution is -0.119. The third kappa shape index (κ3) is 3.12. The molecule has 0 saturated heterocycles. The molecular formula is C14H20N2O3S. The lowest BCUT2D eigenvalue weighted by atomic mass is 10.00. The SMILES string of the molecule is CCCS(=O)(=O)N1C[C@@H](NC(C)=O)Cc2ccccc21. The van der Waals surface area contributed by atoms with E-state index < -0.39 is 10.0 Å². The molecular weight excluding hydrogens is 276 g/mol. The van der Waals surface area contributed by atoms with E-state index in [-0.39, 0.29) is 17.7 Å². The Morgan fingerprint density at radius 2 is 2.10 bits per heavy atom. The Morgan fingerprint density at radius 1 is 1.40 bits per heavy atom. The molecule has 20 heavy (non-hydrogen) atoms. The molecule has 0 radical (unpaired) electrons. The Balaban J connectivity index is 2.37. The number of carbonyl (C=O) groups excluding carboxylic acids is 1. The summed E-state index contributed by atoms with van der Waals surface area (Å²) in [6.45, 7) is 3.60. The number of nitrogens with zero attached hydrogens (tertiary/aromatic N) is 1. The van der Waals surface area contributed by atoms with Gasteiger partial charge in [-0.1, -0.05) is 25.1 Å². The maximum atomic E-state index is 12.4. The van der Waals surface area contributed by atoms with Gasteiger partial charge in [0.05, 0.1) is 24.0 Å². The first-order valence-electron chi connectivity index (χ1n) is 6.79. The van der Waals surface area contributed by atoms with Gasteiger partial charge in [-0.3, -0.25) is 9.10 Å². The van der Waals surface area contributed by atoms with Gasteiger partial charge in [-0.25, -0.2) is 8.42 Å². The molecule has 0 aromatic heterocycles. The zero-order valence-electron chi connectivity index (χ0n) is 11.8. The van der Waals surface area contributed by atoms with Crippen LogP contribution in [-0.4, -0.2) is 32.7 Å². The van der Waals surface area contributed by atoms with Crippen LogP contribution in [0.3, 0.4) is 0 Å². The van der Waals surface area contributed by atoms with E-state index in [1.807, 2.05) is 31.2 Å². The van der Waals surface area contributed by atoms with Crippen molar-refractivity contribution in [3.63, 3.8) is 0 Å². The van der Waals surface area contributed by atoms with Crippen molar-refractivity contribution in [2.75, 3.05) is 16.6 Å². The van der Waals surface area contributed by atoms with Crippen LogP contribution in [0.5, 0.6) is 0 Å². The van der Waals surface area contributed by atoms with Crippen molar-refractivity contribution < 1.29 is 13.2 Å². The summed E-state index contributed by atoms with van der Waals surface area (Å²) < 4.78 is 26.2. The van der Waals surface area contributed by atoms with E-state index in [1.54, 1.807) is 0 Å². The monoisotopic (exact) mass is 296 g/mol. The molecule has 1 aliphatic heterocycles. The van der Waals surface area contributed by atoms with E-state index in [0.717, 1.165) is 11.3 Å². The van der Waals surface area contributed by atoms with Crippen LogP contribution in [0.1, 0.15) is 25.8 Å². The molecule has 0 bridgehead atoms. The van der Waals surface area contributed by atoms with Crippen LogP contribution in [0.4, 0.5) is 5.69 Å². The van der Waals surface area contributed by atoms with Crippen molar-refractivity contribution in [2.45, 2.75) is 32.7 Å². The predicted octanol–water partition coefficient (Wildman–Crippen LogP) is 1.29. The van der Waals surface area contributed by atoms with Crippen LogP contribution in [0.25, 0.3) is 0 Å². The lowest BCUT2D eigenvalue weighted by Crippen LogP contribution is -2.50.